The van der Waals surface area contributed by atoms with Crippen LogP contribution in [0.2, 0.25) is 0 Å². The van der Waals surface area contributed by atoms with Crippen LogP contribution < -0.4 is 10.6 Å². The number of hydrogen-bond donors (Lipinski definition) is 2. The number of amides is 1. The van der Waals surface area contributed by atoms with Crippen molar-refractivity contribution in [2.45, 2.75) is 70.4 Å². The quantitative estimate of drug-likeness (QED) is 0.397. The van der Waals surface area contributed by atoms with E-state index in [-0.39, 0.29) is 29.9 Å². The highest BCUT2D eigenvalue weighted by molar-refractivity contribution is 14.0. The molecule has 0 radical (unpaired) electrons. The van der Waals surface area contributed by atoms with Gasteiger partial charge in [-0.1, -0.05) is 32.1 Å². The zero-order chi connectivity index (χ0) is 16.2. The maximum atomic E-state index is 11.4. The van der Waals surface area contributed by atoms with Gasteiger partial charge in [-0.3, -0.25) is 9.79 Å². The number of likely N-dealkylation sites (tertiary alicyclic amines) is 1. The number of guanidine groups is 1. The Bertz CT molecular complexity index is 442. The van der Waals surface area contributed by atoms with E-state index >= 15 is 0 Å². The Hall–Kier alpha value is -0.530. The predicted octanol–water partition coefficient (Wildman–Crippen LogP) is 2.75. The summed E-state index contributed by atoms with van der Waals surface area (Å²) in [6.07, 6.45) is 10.5. The first-order valence-electron chi connectivity index (χ1n) is 9.42. The second kappa shape index (κ2) is 9.25. The van der Waals surface area contributed by atoms with Crippen molar-refractivity contribution in [3.63, 3.8) is 0 Å². The number of rotatable bonds is 3. The molecule has 0 spiro atoms. The molecule has 1 aliphatic heterocycles. The van der Waals surface area contributed by atoms with E-state index in [1.165, 1.54) is 38.5 Å². The van der Waals surface area contributed by atoms with Crippen molar-refractivity contribution in [3.8, 4) is 0 Å². The zero-order valence-corrected chi connectivity index (χ0v) is 17.4. The van der Waals surface area contributed by atoms with Gasteiger partial charge in [-0.15, -0.1) is 24.0 Å². The van der Waals surface area contributed by atoms with Crippen molar-refractivity contribution in [1.82, 2.24) is 15.5 Å². The lowest BCUT2D eigenvalue weighted by Gasteiger charge is -2.32. The van der Waals surface area contributed by atoms with Crippen LogP contribution in [0.4, 0.5) is 0 Å². The van der Waals surface area contributed by atoms with E-state index in [0.29, 0.717) is 12.1 Å². The van der Waals surface area contributed by atoms with Crippen LogP contribution in [0.15, 0.2) is 4.99 Å². The molecule has 0 aromatic heterocycles. The number of aliphatic imine (C=N–C) groups is 1. The van der Waals surface area contributed by atoms with Crippen LogP contribution in [-0.2, 0) is 4.79 Å². The van der Waals surface area contributed by atoms with Crippen molar-refractivity contribution in [3.05, 3.63) is 0 Å². The van der Waals surface area contributed by atoms with Gasteiger partial charge >= 0.3 is 0 Å². The minimum absolute atomic E-state index is 0. The second-order valence-corrected chi connectivity index (χ2v) is 7.55. The van der Waals surface area contributed by atoms with E-state index in [9.17, 15) is 4.79 Å². The molecule has 2 aliphatic carbocycles. The molecular weight excluding hydrogens is 415 g/mol. The van der Waals surface area contributed by atoms with Crippen LogP contribution in [0.25, 0.3) is 0 Å². The molecule has 1 heterocycles. The summed E-state index contributed by atoms with van der Waals surface area (Å²) in [5, 5.41) is 7.19. The van der Waals surface area contributed by atoms with Crippen LogP contribution in [0.1, 0.15) is 58.3 Å². The van der Waals surface area contributed by atoms with Gasteiger partial charge in [0.05, 0.1) is 0 Å². The van der Waals surface area contributed by atoms with Gasteiger partial charge in [0, 0.05) is 39.1 Å². The Morgan fingerprint density at radius 1 is 1.04 bits per heavy atom. The van der Waals surface area contributed by atoms with Gasteiger partial charge in [0.1, 0.15) is 0 Å². The summed E-state index contributed by atoms with van der Waals surface area (Å²) in [5.41, 5.74) is 0. The third-order valence-corrected chi connectivity index (χ3v) is 5.92. The molecule has 2 saturated carbocycles. The minimum atomic E-state index is 0. The molecular formula is C18H33IN4O. The highest BCUT2D eigenvalue weighted by Gasteiger charge is 2.43. The van der Waals surface area contributed by atoms with Gasteiger partial charge in [0.15, 0.2) is 5.96 Å². The summed E-state index contributed by atoms with van der Waals surface area (Å²) in [5.74, 6) is 2.96. The Morgan fingerprint density at radius 2 is 1.71 bits per heavy atom. The molecule has 2 N–H and O–H groups in total. The summed E-state index contributed by atoms with van der Waals surface area (Å²) >= 11 is 0. The molecule has 138 valence electrons. The number of piperidine rings is 1. The molecule has 2 atom stereocenters. The summed E-state index contributed by atoms with van der Waals surface area (Å²) in [7, 11) is 1.86. The highest BCUT2D eigenvalue weighted by atomic mass is 127. The fraction of sp³-hybridized carbons (Fsp3) is 0.889. The fourth-order valence-electron chi connectivity index (χ4n) is 4.34. The maximum Gasteiger partial charge on any atom is 0.219 e. The minimum Gasteiger partial charge on any atom is -0.354 e. The van der Waals surface area contributed by atoms with E-state index in [0.717, 1.165) is 43.7 Å². The lowest BCUT2D eigenvalue weighted by Crippen LogP contribution is -2.50. The van der Waals surface area contributed by atoms with Crippen LogP contribution in [0, 0.1) is 11.8 Å². The van der Waals surface area contributed by atoms with Gasteiger partial charge < -0.3 is 15.5 Å². The third kappa shape index (κ3) is 5.23. The number of carbonyl (C=O) groups is 1. The summed E-state index contributed by atoms with van der Waals surface area (Å²) in [6, 6.07) is 1.06. The van der Waals surface area contributed by atoms with Crippen molar-refractivity contribution in [2.75, 3.05) is 20.1 Å². The summed E-state index contributed by atoms with van der Waals surface area (Å²) < 4.78 is 0. The highest BCUT2D eigenvalue weighted by Crippen LogP contribution is 2.44. The topological polar surface area (TPSA) is 56.7 Å². The number of carbonyl (C=O) groups excluding carboxylic acids is 1. The van der Waals surface area contributed by atoms with Crippen molar-refractivity contribution in [1.29, 1.82) is 0 Å². The van der Waals surface area contributed by atoms with Gasteiger partial charge in [-0.05, 0) is 31.1 Å². The first-order valence-corrected chi connectivity index (χ1v) is 9.42. The fourth-order valence-corrected chi connectivity index (χ4v) is 4.34. The third-order valence-electron chi connectivity index (χ3n) is 5.92. The molecule has 6 heteroatoms. The summed E-state index contributed by atoms with van der Waals surface area (Å²) in [4.78, 5) is 17.7. The van der Waals surface area contributed by atoms with Crippen LogP contribution in [0.3, 0.4) is 0 Å². The predicted molar refractivity (Wildman–Crippen MR) is 109 cm³/mol. The van der Waals surface area contributed by atoms with Crippen LogP contribution in [-0.4, -0.2) is 49.0 Å². The Kier molecular flexibility index (Phi) is 7.62. The first kappa shape index (κ1) is 19.8. The molecule has 2 unspecified atom stereocenters. The average Bonchev–Trinajstić information content (AvgIpc) is 3.35. The van der Waals surface area contributed by atoms with Gasteiger partial charge in [-0.2, -0.15) is 0 Å². The van der Waals surface area contributed by atoms with Gasteiger partial charge in [-0.25, -0.2) is 0 Å². The van der Waals surface area contributed by atoms with Crippen molar-refractivity contribution < 1.29 is 4.79 Å². The van der Waals surface area contributed by atoms with Gasteiger partial charge in [0.2, 0.25) is 5.91 Å². The molecule has 0 aromatic carbocycles. The second-order valence-electron chi connectivity index (χ2n) is 7.55. The lowest BCUT2D eigenvalue weighted by molar-refractivity contribution is -0.129. The standard InChI is InChI=1S/C18H32N4O.HI/c1-13(23)22-10-8-15(9-11-22)20-18(19-2)21-17-12-16(17)14-6-4-3-5-7-14;/h14-17H,3-12H2,1-2H3,(H2,19,20,21);1H. The molecule has 24 heavy (non-hydrogen) atoms. The largest absolute Gasteiger partial charge is 0.354 e. The first-order chi connectivity index (χ1) is 11.2. The molecule has 3 aliphatic rings. The SMILES string of the molecule is CN=C(NC1CCN(C(C)=O)CC1)NC1CC1C1CCCCC1.I. The van der Waals surface area contributed by atoms with Crippen molar-refractivity contribution in [2.24, 2.45) is 16.8 Å². The van der Waals surface area contributed by atoms with E-state index in [2.05, 4.69) is 15.6 Å². The number of nitrogens with one attached hydrogen (secondary N) is 2. The Balaban J connectivity index is 0.00000208. The average molecular weight is 448 g/mol. The number of halogens is 1. The molecule has 0 bridgehead atoms. The molecule has 1 saturated heterocycles. The lowest BCUT2D eigenvalue weighted by atomic mass is 9.85. The van der Waals surface area contributed by atoms with E-state index in [1.54, 1.807) is 6.92 Å². The number of nitrogens with zero attached hydrogens (tertiary/aromatic N) is 2. The Labute approximate surface area is 163 Å². The smallest absolute Gasteiger partial charge is 0.219 e. The van der Waals surface area contributed by atoms with Crippen LogP contribution >= 0.6 is 24.0 Å². The normalized spacial score (nSPS) is 28.9. The molecule has 5 nitrogen and oxygen atoms in total. The maximum absolute atomic E-state index is 11.4. The summed E-state index contributed by atoms with van der Waals surface area (Å²) in [6.45, 7) is 3.38. The molecule has 3 rings (SSSR count). The molecule has 1 amide bonds. The Morgan fingerprint density at radius 3 is 2.29 bits per heavy atom. The zero-order valence-electron chi connectivity index (χ0n) is 15.1. The van der Waals surface area contributed by atoms with Gasteiger partial charge in [0.25, 0.3) is 0 Å². The molecule has 0 aromatic rings. The monoisotopic (exact) mass is 448 g/mol. The van der Waals surface area contributed by atoms with E-state index in [4.69, 9.17) is 0 Å². The molecule has 3 fully saturated rings. The van der Waals surface area contributed by atoms with Crippen LogP contribution in [0.5, 0.6) is 0 Å². The number of hydrogen-bond acceptors (Lipinski definition) is 2. The van der Waals surface area contributed by atoms with E-state index in [1.807, 2.05) is 11.9 Å². The van der Waals surface area contributed by atoms with E-state index < -0.39 is 0 Å². The van der Waals surface area contributed by atoms with Crippen molar-refractivity contribution >= 4 is 35.8 Å².